The Kier molecular flexibility index (Phi) is 1.19. The lowest BCUT2D eigenvalue weighted by atomic mass is 10.0. The number of nitrogens with zero attached hydrogens (tertiary/aromatic N) is 1. The van der Waals surface area contributed by atoms with E-state index >= 15 is 0 Å². The number of β-lactam (4-membered cyclic amide) rings is 1. The number of hydrogen-bond donors (Lipinski definition) is 2. The summed E-state index contributed by atoms with van der Waals surface area (Å²) in [6.07, 6.45) is 0.935. The number of carbonyl (C=O) groups is 2. The molecule has 5 nitrogen and oxygen atoms in total. The van der Waals surface area contributed by atoms with Crippen molar-refractivity contribution < 1.29 is 14.7 Å². The average Bonchev–Trinajstić information content (AvgIpc) is 2.22. The predicted molar refractivity (Wildman–Crippen MR) is 38.7 cm³/mol. The molecule has 2 aliphatic heterocycles. The van der Waals surface area contributed by atoms with Crippen LogP contribution in [0.25, 0.3) is 0 Å². The first-order valence-electron chi connectivity index (χ1n) is 3.65. The van der Waals surface area contributed by atoms with Gasteiger partial charge in [-0.2, -0.15) is 0 Å². The van der Waals surface area contributed by atoms with Crippen molar-refractivity contribution in [1.82, 2.24) is 4.90 Å². The molecule has 12 heavy (non-hydrogen) atoms. The SMILES string of the molecule is NC1=C(C(=O)O)N2C(=O)C[C@H]2C1. The molecular weight excluding hydrogens is 160 g/mol. The van der Waals surface area contributed by atoms with Crippen molar-refractivity contribution in [2.24, 2.45) is 5.73 Å². The van der Waals surface area contributed by atoms with Gasteiger partial charge in [-0.1, -0.05) is 0 Å². The van der Waals surface area contributed by atoms with Gasteiger partial charge >= 0.3 is 5.97 Å². The van der Waals surface area contributed by atoms with E-state index in [0.29, 0.717) is 18.5 Å². The summed E-state index contributed by atoms with van der Waals surface area (Å²) in [5.41, 5.74) is 5.77. The highest BCUT2D eigenvalue weighted by atomic mass is 16.4. The molecule has 2 rings (SSSR count). The van der Waals surface area contributed by atoms with Gasteiger partial charge in [0.2, 0.25) is 5.91 Å². The van der Waals surface area contributed by atoms with E-state index in [-0.39, 0.29) is 17.6 Å². The van der Waals surface area contributed by atoms with E-state index in [1.165, 1.54) is 4.90 Å². The summed E-state index contributed by atoms with van der Waals surface area (Å²) < 4.78 is 0. The third-order valence-electron chi connectivity index (χ3n) is 2.25. The number of carboxylic acids is 1. The average molecular weight is 168 g/mol. The summed E-state index contributed by atoms with van der Waals surface area (Å²) >= 11 is 0. The second-order valence-electron chi connectivity index (χ2n) is 3.00. The quantitative estimate of drug-likeness (QED) is 0.504. The number of carboxylic acid groups (broad SMARTS) is 1. The van der Waals surface area contributed by atoms with E-state index in [4.69, 9.17) is 10.8 Å². The summed E-state index contributed by atoms with van der Waals surface area (Å²) in [6, 6.07) is 0.0172. The van der Waals surface area contributed by atoms with Crippen molar-refractivity contribution in [2.45, 2.75) is 18.9 Å². The second kappa shape index (κ2) is 2.00. The largest absolute Gasteiger partial charge is 0.477 e. The maximum absolute atomic E-state index is 10.9. The van der Waals surface area contributed by atoms with Crippen molar-refractivity contribution in [1.29, 1.82) is 0 Å². The van der Waals surface area contributed by atoms with Gasteiger partial charge < -0.3 is 15.7 Å². The van der Waals surface area contributed by atoms with Crippen LogP contribution in [0.4, 0.5) is 0 Å². The van der Waals surface area contributed by atoms with E-state index in [1.54, 1.807) is 0 Å². The van der Waals surface area contributed by atoms with Gasteiger partial charge in [0, 0.05) is 18.5 Å². The molecule has 1 fully saturated rings. The topological polar surface area (TPSA) is 83.6 Å². The summed E-state index contributed by atoms with van der Waals surface area (Å²) in [4.78, 5) is 22.8. The van der Waals surface area contributed by atoms with Crippen LogP contribution in [-0.4, -0.2) is 27.9 Å². The van der Waals surface area contributed by atoms with Crippen LogP contribution in [0.2, 0.25) is 0 Å². The molecule has 0 aromatic rings. The summed E-state index contributed by atoms with van der Waals surface area (Å²) in [7, 11) is 0. The maximum Gasteiger partial charge on any atom is 0.354 e. The monoisotopic (exact) mass is 168 g/mol. The Bertz CT molecular complexity index is 308. The Morgan fingerprint density at radius 3 is 2.67 bits per heavy atom. The molecule has 1 amide bonds. The Balaban J connectivity index is 2.34. The number of carbonyl (C=O) groups excluding carboxylic acids is 1. The third kappa shape index (κ3) is 0.677. The van der Waals surface area contributed by atoms with E-state index in [9.17, 15) is 9.59 Å². The highest BCUT2D eigenvalue weighted by Crippen LogP contribution is 2.35. The van der Waals surface area contributed by atoms with Gasteiger partial charge in [0.15, 0.2) is 0 Å². The zero-order valence-electron chi connectivity index (χ0n) is 6.28. The smallest absolute Gasteiger partial charge is 0.354 e. The highest BCUT2D eigenvalue weighted by molar-refractivity contribution is 5.98. The molecule has 1 atom stereocenters. The number of nitrogens with two attached hydrogens (primary N) is 1. The third-order valence-corrected chi connectivity index (χ3v) is 2.25. The molecule has 5 heteroatoms. The molecule has 0 radical (unpaired) electrons. The molecule has 0 aliphatic carbocycles. The first-order valence-corrected chi connectivity index (χ1v) is 3.65. The molecule has 0 bridgehead atoms. The summed E-state index contributed by atoms with van der Waals surface area (Å²) in [5.74, 6) is -1.25. The molecule has 0 aromatic carbocycles. The molecule has 64 valence electrons. The minimum absolute atomic E-state index is 0.0172. The fourth-order valence-electron chi connectivity index (χ4n) is 1.70. The molecular formula is C7H8N2O3. The zero-order chi connectivity index (χ0) is 8.88. The maximum atomic E-state index is 10.9. The first-order chi connectivity index (χ1) is 5.61. The number of amides is 1. The molecule has 0 aromatic heterocycles. The molecule has 0 saturated carbocycles. The van der Waals surface area contributed by atoms with Gasteiger partial charge in [-0.05, 0) is 0 Å². The fourth-order valence-corrected chi connectivity index (χ4v) is 1.70. The Morgan fingerprint density at radius 1 is 1.58 bits per heavy atom. The van der Waals surface area contributed by atoms with Crippen molar-refractivity contribution >= 4 is 11.9 Å². The van der Waals surface area contributed by atoms with Gasteiger partial charge in [-0.3, -0.25) is 4.79 Å². The normalized spacial score (nSPS) is 27.2. The Labute approximate surface area is 68.4 Å². The zero-order valence-corrected chi connectivity index (χ0v) is 6.28. The van der Waals surface area contributed by atoms with Crippen LogP contribution in [0.15, 0.2) is 11.4 Å². The number of rotatable bonds is 1. The molecule has 2 heterocycles. The predicted octanol–water partition coefficient (Wildman–Crippen LogP) is -0.754. The van der Waals surface area contributed by atoms with Crippen LogP contribution in [0.3, 0.4) is 0 Å². The standard InChI is InChI=1S/C7H8N2O3/c8-4-1-3-2-5(10)9(3)6(4)7(11)12/h3H,1-2,8H2,(H,11,12)/t3-/m1/s1. The second-order valence-corrected chi connectivity index (χ2v) is 3.00. The van der Waals surface area contributed by atoms with E-state index in [2.05, 4.69) is 0 Å². The van der Waals surface area contributed by atoms with Crippen molar-refractivity contribution in [2.75, 3.05) is 0 Å². The van der Waals surface area contributed by atoms with Gasteiger partial charge in [0.05, 0.1) is 6.04 Å². The fraction of sp³-hybridized carbons (Fsp3) is 0.429. The minimum atomic E-state index is -1.11. The molecule has 1 saturated heterocycles. The molecule has 0 unspecified atom stereocenters. The lowest BCUT2D eigenvalue weighted by molar-refractivity contribution is -0.147. The Hall–Kier alpha value is -1.52. The van der Waals surface area contributed by atoms with Crippen LogP contribution in [0.5, 0.6) is 0 Å². The molecule has 3 N–H and O–H groups in total. The van der Waals surface area contributed by atoms with Gasteiger partial charge in [0.1, 0.15) is 5.70 Å². The van der Waals surface area contributed by atoms with Gasteiger partial charge in [0.25, 0.3) is 0 Å². The lowest BCUT2D eigenvalue weighted by Crippen LogP contribution is -2.49. The van der Waals surface area contributed by atoms with Crippen LogP contribution in [-0.2, 0) is 9.59 Å². The van der Waals surface area contributed by atoms with Crippen LogP contribution in [0, 0.1) is 0 Å². The summed E-state index contributed by atoms with van der Waals surface area (Å²) in [6.45, 7) is 0. The lowest BCUT2D eigenvalue weighted by Gasteiger charge is -2.34. The van der Waals surface area contributed by atoms with Crippen molar-refractivity contribution in [3.63, 3.8) is 0 Å². The highest BCUT2D eigenvalue weighted by Gasteiger charge is 2.46. The van der Waals surface area contributed by atoms with Crippen LogP contribution < -0.4 is 5.73 Å². The summed E-state index contributed by atoms with van der Waals surface area (Å²) in [5, 5.41) is 8.69. The molecule has 2 aliphatic rings. The van der Waals surface area contributed by atoms with Crippen LogP contribution in [0.1, 0.15) is 12.8 Å². The van der Waals surface area contributed by atoms with Gasteiger partial charge in [-0.15, -0.1) is 0 Å². The van der Waals surface area contributed by atoms with Gasteiger partial charge in [-0.25, -0.2) is 4.79 Å². The first kappa shape index (κ1) is 7.15. The van der Waals surface area contributed by atoms with Crippen molar-refractivity contribution in [3.8, 4) is 0 Å². The molecule has 0 spiro atoms. The van der Waals surface area contributed by atoms with E-state index < -0.39 is 5.97 Å². The number of hydrogen-bond acceptors (Lipinski definition) is 3. The Morgan fingerprint density at radius 2 is 2.25 bits per heavy atom. The van der Waals surface area contributed by atoms with E-state index in [1.807, 2.05) is 0 Å². The number of aliphatic carboxylic acids is 1. The minimum Gasteiger partial charge on any atom is -0.477 e. The van der Waals surface area contributed by atoms with Crippen LogP contribution >= 0.6 is 0 Å². The van der Waals surface area contributed by atoms with Crippen molar-refractivity contribution in [3.05, 3.63) is 11.4 Å². The van der Waals surface area contributed by atoms with E-state index in [0.717, 1.165) is 0 Å². The number of fused-ring (bicyclic) bond motifs is 1.